The molecule has 1 aliphatic carbocycles. The first kappa shape index (κ1) is 11.4. The summed E-state index contributed by atoms with van der Waals surface area (Å²) < 4.78 is 5.29. The Bertz CT molecular complexity index is 320. The number of Topliss-reactive ketones (excluding diaryl/α,β-unsaturated/α-hetero) is 1. The largest absolute Gasteiger partial charge is 0.444 e. The lowest BCUT2D eigenvalue weighted by Crippen LogP contribution is -2.37. The molecule has 2 aliphatic rings. The van der Waals surface area contributed by atoms with Gasteiger partial charge in [0.15, 0.2) is 0 Å². The molecule has 0 radical (unpaired) electrons. The van der Waals surface area contributed by atoms with Crippen LogP contribution in [-0.2, 0) is 9.53 Å². The second-order valence-electron chi connectivity index (χ2n) is 5.85. The van der Waals surface area contributed by atoms with E-state index in [0.29, 0.717) is 24.9 Å². The number of rotatable bonds is 1. The van der Waals surface area contributed by atoms with Gasteiger partial charge in [-0.15, -0.1) is 0 Å². The number of hydrogen-bond donors (Lipinski definition) is 0. The summed E-state index contributed by atoms with van der Waals surface area (Å²) in [4.78, 5) is 24.6. The smallest absolute Gasteiger partial charge is 0.410 e. The Morgan fingerprint density at radius 2 is 1.69 bits per heavy atom. The van der Waals surface area contributed by atoms with E-state index in [2.05, 4.69) is 0 Å². The van der Waals surface area contributed by atoms with Crippen molar-refractivity contribution in [2.75, 3.05) is 13.1 Å². The molecule has 0 aromatic carbocycles. The van der Waals surface area contributed by atoms with Crippen molar-refractivity contribution in [1.29, 1.82) is 0 Å². The fourth-order valence-electron chi connectivity index (χ4n) is 2.60. The van der Waals surface area contributed by atoms with E-state index in [1.807, 2.05) is 20.8 Å². The number of nitrogens with zero attached hydrogens (tertiary/aromatic N) is 1. The molecular formula is C12H19NO3. The minimum absolute atomic E-state index is 0.207. The van der Waals surface area contributed by atoms with Gasteiger partial charge in [-0.25, -0.2) is 4.79 Å². The van der Waals surface area contributed by atoms with E-state index in [1.165, 1.54) is 0 Å². The van der Waals surface area contributed by atoms with Crippen LogP contribution in [0.4, 0.5) is 4.79 Å². The molecule has 90 valence electrons. The predicted octanol–water partition coefficient (Wildman–Crippen LogP) is 1.69. The zero-order valence-electron chi connectivity index (χ0n) is 10.3. The SMILES string of the molecule is CC(=O)C1[C@H]2CN(C(=O)OC(C)(C)C)C[C@@H]12. The number of fused-ring (bicyclic) bond motifs is 1. The standard InChI is InChI=1S/C12H19NO3/c1-7(14)10-8-5-13(6-9(8)10)11(15)16-12(2,3)4/h8-10H,5-6H2,1-4H3/t8-,9+,10?. The highest BCUT2D eigenvalue weighted by Crippen LogP contribution is 2.52. The van der Waals surface area contributed by atoms with Crippen LogP contribution in [0, 0.1) is 17.8 Å². The lowest BCUT2D eigenvalue weighted by atomic mass is 10.2. The van der Waals surface area contributed by atoms with E-state index in [-0.39, 0.29) is 17.8 Å². The molecule has 0 N–H and O–H groups in total. The summed E-state index contributed by atoms with van der Waals surface area (Å²) in [7, 11) is 0. The van der Waals surface area contributed by atoms with E-state index in [1.54, 1.807) is 11.8 Å². The van der Waals surface area contributed by atoms with Gasteiger partial charge in [0, 0.05) is 19.0 Å². The fourth-order valence-corrected chi connectivity index (χ4v) is 2.60. The molecule has 0 spiro atoms. The molecule has 0 aromatic heterocycles. The van der Waals surface area contributed by atoms with Gasteiger partial charge in [-0.1, -0.05) is 0 Å². The van der Waals surface area contributed by atoms with Gasteiger partial charge in [-0.05, 0) is 39.5 Å². The highest BCUT2D eigenvalue weighted by Gasteiger charge is 2.59. The summed E-state index contributed by atoms with van der Waals surface area (Å²) in [5.74, 6) is 1.26. The van der Waals surface area contributed by atoms with Crippen LogP contribution in [0.2, 0.25) is 0 Å². The maximum Gasteiger partial charge on any atom is 0.410 e. The van der Waals surface area contributed by atoms with Crippen LogP contribution in [0.25, 0.3) is 0 Å². The Morgan fingerprint density at radius 1 is 1.19 bits per heavy atom. The summed E-state index contributed by atoms with van der Waals surface area (Å²) in [6, 6.07) is 0. The van der Waals surface area contributed by atoms with Crippen molar-refractivity contribution >= 4 is 11.9 Å². The average Bonchev–Trinajstić information content (AvgIpc) is 2.60. The molecule has 2 rings (SSSR count). The summed E-state index contributed by atoms with van der Waals surface area (Å²) in [5, 5.41) is 0. The van der Waals surface area contributed by atoms with Crippen LogP contribution >= 0.6 is 0 Å². The third kappa shape index (κ3) is 2.06. The Kier molecular flexibility index (Phi) is 2.48. The third-order valence-electron chi connectivity index (χ3n) is 3.32. The molecule has 0 aromatic rings. The maximum atomic E-state index is 11.7. The topological polar surface area (TPSA) is 46.6 Å². The predicted molar refractivity (Wildman–Crippen MR) is 59.0 cm³/mol. The molecule has 16 heavy (non-hydrogen) atoms. The van der Waals surface area contributed by atoms with E-state index >= 15 is 0 Å². The third-order valence-corrected chi connectivity index (χ3v) is 3.32. The summed E-state index contributed by atoms with van der Waals surface area (Å²) in [6.45, 7) is 8.59. The number of ketones is 1. The van der Waals surface area contributed by atoms with Crippen molar-refractivity contribution in [2.45, 2.75) is 33.3 Å². The maximum absolute atomic E-state index is 11.7. The molecule has 2 fully saturated rings. The average molecular weight is 225 g/mol. The molecule has 1 aliphatic heterocycles. The highest BCUT2D eigenvalue weighted by atomic mass is 16.6. The van der Waals surface area contributed by atoms with Crippen LogP contribution < -0.4 is 0 Å². The normalized spacial score (nSPS) is 32.2. The van der Waals surface area contributed by atoms with Gasteiger partial charge in [0.05, 0.1) is 0 Å². The molecule has 4 nitrogen and oxygen atoms in total. The van der Waals surface area contributed by atoms with Gasteiger partial charge in [-0.3, -0.25) is 4.79 Å². The number of carbonyl (C=O) groups excluding carboxylic acids is 2. The second-order valence-corrected chi connectivity index (χ2v) is 5.85. The number of amides is 1. The minimum Gasteiger partial charge on any atom is -0.444 e. The number of hydrogen-bond acceptors (Lipinski definition) is 3. The van der Waals surface area contributed by atoms with E-state index < -0.39 is 5.60 Å². The first-order chi connectivity index (χ1) is 7.29. The molecule has 0 bridgehead atoms. The second kappa shape index (κ2) is 3.47. The molecule has 3 atom stereocenters. The van der Waals surface area contributed by atoms with Crippen molar-refractivity contribution in [1.82, 2.24) is 4.90 Å². The lowest BCUT2D eigenvalue weighted by Gasteiger charge is -2.25. The highest BCUT2D eigenvalue weighted by molar-refractivity contribution is 5.83. The Balaban J connectivity index is 1.85. The zero-order valence-corrected chi connectivity index (χ0v) is 10.3. The van der Waals surface area contributed by atoms with Gasteiger partial charge in [0.2, 0.25) is 0 Å². The van der Waals surface area contributed by atoms with Crippen molar-refractivity contribution in [3.63, 3.8) is 0 Å². The molecule has 1 unspecified atom stereocenters. The van der Waals surface area contributed by atoms with Crippen molar-refractivity contribution < 1.29 is 14.3 Å². The van der Waals surface area contributed by atoms with Crippen LogP contribution in [0.1, 0.15) is 27.7 Å². The van der Waals surface area contributed by atoms with Crippen molar-refractivity contribution in [3.05, 3.63) is 0 Å². The molecule has 4 heteroatoms. The summed E-state index contributed by atoms with van der Waals surface area (Å²) >= 11 is 0. The monoisotopic (exact) mass is 225 g/mol. The molecule has 1 saturated carbocycles. The Labute approximate surface area is 95.9 Å². The van der Waals surface area contributed by atoms with Gasteiger partial charge in [-0.2, -0.15) is 0 Å². The summed E-state index contributed by atoms with van der Waals surface area (Å²) in [6.07, 6.45) is -0.248. The zero-order chi connectivity index (χ0) is 12.1. The Hall–Kier alpha value is -1.06. The number of ether oxygens (including phenoxy) is 1. The van der Waals surface area contributed by atoms with Crippen LogP contribution in [0.5, 0.6) is 0 Å². The van der Waals surface area contributed by atoms with E-state index in [0.717, 1.165) is 0 Å². The lowest BCUT2D eigenvalue weighted by molar-refractivity contribution is -0.119. The van der Waals surface area contributed by atoms with E-state index in [4.69, 9.17) is 4.74 Å². The molecular weight excluding hydrogens is 206 g/mol. The number of likely N-dealkylation sites (tertiary alicyclic amines) is 1. The quantitative estimate of drug-likeness (QED) is 0.682. The van der Waals surface area contributed by atoms with Crippen LogP contribution in [0.15, 0.2) is 0 Å². The van der Waals surface area contributed by atoms with E-state index in [9.17, 15) is 9.59 Å². The van der Waals surface area contributed by atoms with Gasteiger partial charge in [0.25, 0.3) is 0 Å². The fraction of sp³-hybridized carbons (Fsp3) is 0.833. The van der Waals surface area contributed by atoms with Crippen LogP contribution in [-0.4, -0.2) is 35.5 Å². The molecule has 1 heterocycles. The molecule has 1 amide bonds. The van der Waals surface area contributed by atoms with Crippen LogP contribution in [0.3, 0.4) is 0 Å². The number of piperidine rings is 1. The Morgan fingerprint density at radius 3 is 2.06 bits per heavy atom. The number of carbonyl (C=O) groups is 2. The summed E-state index contributed by atoms with van der Waals surface area (Å²) in [5.41, 5.74) is -0.441. The van der Waals surface area contributed by atoms with Gasteiger partial charge >= 0.3 is 6.09 Å². The van der Waals surface area contributed by atoms with Gasteiger partial charge < -0.3 is 9.64 Å². The minimum atomic E-state index is -0.441. The van der Waals surface area contributed by atoms with Crippen molar-refractivity contribution in [2.24, 2.45) is 17.8 Å². The first-order valence-corrected chi connectivity index (χ1v) is 5.78. The van der Waals surface area contributed by atoms with Gasteiger partial charge in [0.1, 0.15) is 11.4 Å². The molecule has 1 saturated heterocycles. The van der Waals surface area contributed by atoms with Crippen molar-refractivity contribution in [3.8, 4) is 0 Å². The first-order valence-electron chi connectivity index (χ1n) is 5.78.